The second-order valence-electron chi connectivity index (χ2n) is 9.00. The number of ether oxygens (including phenoxy) is 2. The predicted octanol–water partition coefficient (Wildman–Crippen LogP) is 6.14. The fourth-order valence-corrected chi connectivity index (χ4v) is 5.88. The molecule has 2 amide bonds. The first-order valence-corrected chi connectivity index (χ1v) is 14.1. The standard InChI is InChI=1S/C30H33ClN2O4S/c1-4-36-25-15-14-21(18-26(25)37-5-2)16-17-32-29(34)20(3)28-30(35)33(19-22-10-6-7-11-23(22)31)24-12-8-9-13-27(24)38-28/h6-15,18,20,28H,4-5,16-17,19H2,1-3H3,(H,32,34). The maximum atomic E-state index is 13.7. The fraction of sp³-hybridized carbons (Fsp3) is 0.333. The van der Waals surface area contributed by atoms with Crippen molar-refractivity contribution in [2.45, 2.75) is 43.9 Å². The number of fused-ring (bicyclic) bond motifs is 1. The van der Waals surface area contributed by atoms with Crippen molar-refractivity contribution in [3.05, 3.63) is 82.9 Å². The lowest BCUT2D eigenvalue weighted by molar-refractivity contribution is -0.128. The first-order chi connectivity index (χ1) is 18.4. The highest BCUT2D eigenvalue weighted by molar-refractivity contribution is 8.01. The molecule has 1 aliphatic rings. The summed E-state index contributed by atoms with van der Waals surface area (Å²) in [7, 11) is 0. The van der Waals surface area contributed by atoms with Gasteiger partial charge in [0.15, 0.2) is 11.5 Å². The molecule has 1 heterocycles. The van der Waals surface area contributed by atoms with Crippen LogP contribution in [0, 0.1) is 5.92 Å². The minimum Gasteiger partial charge on any atom is -0.490 e. The number of benzene rings is 3. The Labute approximate surface area is 233 Å². The molecule has 3 aromatic carbocycles. The molecule has 38 heavy (non-hydrogen) atoms. The van der Waals surface area contributed by atoms with Gasteiger partial charge in [-0.1, -0.05) is 54.9 Å². The van der Waals surface area contributed by atoms with Crippen molar-refractivity contribution in [2.24, 2.45) is 5.92 Å². The Hall–Kier alpha value is -3.16. The first kappa shape index (κ1) is 27.9. The molecule has 3 aromatic rings. The van der Waals surface area contributed by atoms with Crippen LogP contribution in [0.3, 0.4) is 0 Å². The molecule has 0 spiro atoms. The molecular weight excluding hydrogens is 520 g/mol. The van der Waals surface area contributed by atoms with E-state index >= 15 is 0 Å². The highest BCUT2D eigenvalue weighted by Crippen LogP contribution is 2.42. The number of carbonyl (C=O) groups is 2. The molecule has 2 atom stereocenters. The Morgan fingerprint density at radius 1 is 1.03 bits per heavy atom. The van der Waals surface area contributed by atoms with Crippen LogP contribution >= 0.6 is 23.4 Å². The van der Waals surface area contributed by atoms with Crippen LogP contribution in [0.2, 0.25) is 5.02 Å². The van der Waals surface area contributed by atoms with Crippen LogP contribution in [0.15, 0.2) is 71.6 Å². The molecule has 8 heteroatoms. The zero-order chi connectivity index (χ0) is 27.1. The topological polar surface area (TPSA) is 67.9 Å². The largest absolute Gasteiger partial charge is 0.490 e. The molecule has 2 unspecified atom stereocenters. The molecule has 1 N–H and O–H groups in total. The van der Waals surface area contributed by atoms with Gasteiger partial charge in [-0.15, -0.1) is 11.8 Å². The smallest absolute Gasteiger partial charge is 0.241 e. The summed E-state index contributed by atoms with van der Waals surface area (Å²) in [6.45, 7) is 7.59. The number of hydrogen-bond donors (Lipinski definition) is 1. The molecule has 0 radical (unpaired) electrons. The number of halogens is 1. The monoisotopic (exact) mass is 552 g/mol. The third kappa shape index (κ3) is 6.45. The Morgan fingerprint density at radius 3 is 2.50 bits per heavy atom. The van der Waals surface area contributed by atoms with Crippen molar-refractivity contribution in [3.8, 4) is 11.5 Å². The van der Waals surface area contributed by atoms with Crippen LogP contribution in [0.1, 0.15) is 31.9 Å². The highest BCUT2D eigenvalue weighted by Gasteiger charge is 2.39. The van der Waals surface area contributed by atoms with E-state index in [1.54, 1.807) is 4.90 Å². The third-order valence-electron chi connectivity index (χ3n) is 6.39. The van der Waals surface area contributed by atoms with Gasteiger partial charge < -0.3 is 19.7 Å². The molecule has 0 saturated carbocycles. The molecule has 0 saturated heterocycles. The van der Waals surface area contributed by atoms with Gasteiger partial charge in [0.05, 0.1) is 31.4 Å². The van der Waals surface area contributed by atoms with Gasteiger partial charge in [0.1, 0.15) is 5.25 Å². The quantitative estimate of drug-likeness (QED) is 0.309. The number of anilines is 1. The van der Waals surface area contributed by atoms with E-state index in [9.17, 15) is 9.59 Å². The summed E-state index contributed by atoms with van der Waals surface area (Å²) in [5.74, 6) is 0.653. The van der Waals surface area contributed by atoms with Crippen LogP contribution in [0.25, 0.3) is 0 Å². The van der Waals surface area contributed by atoms with Gasteiger partial charge in [-0.25, -0.2) is 0 Å². The summed E-state index contributed by atoms with van der Waals surface area (Å²) in [5, 5.41) is 3.09. The van der Waals surface area contributed by atoms with Crippen molar-refractivity contribution in [3.63, 3.8) is 0 Å². The van der Waals surface area contributed by atoms with Crippen molar-refractivity contribution < 1.29 is 19.1 Å². The number of nitrogens with zero attached hydrogens (tertiary/aromatic N) is 1. The van der Waals surface area contributed by atoms with Crippen LogP contribution in [-0.2, 0) is 22.6 Å². The minimum absolute atomic E-state index is 0.0934. The third-order valence-corrected chi connectivity index (χ3v) is 8.23. The second kappa shape index (κ2) is 13.1. The summed E-state index contributed by atoms with van der Waals surface area (Å²) in [6.07, 6.45) is 0.637. The molecule has 4 rings (SSSR count). The average Bonchev–Trinajstić information content (AvgIpc) is 2.92. The minimum atomic E-state index is -0.539. The van der Waals surface area contributed by atoms with Crippen molar-refractivity contribution >= 4 is 40.9 Å². The Kier molecular flexibility index (Phi) is 9.58. The normalized spacial score (nSPS) is 15.5. The number of hydrogen-bond acceptors (Lipinski definition) is 5. The molecule has 6 nitrogen and oxygen atoms in total. The zero-order valence-electron chi connectivity index (χ0n) is 21.9. The number of thioether (sulfide) groups is 1. The van der Waals surface area contributed by atoms with E-state index in [0.29, 0.717) is 49.2 Å². The molecular formula is C30H33ClN2O4S. The van der Waals surface area contributed by atoms with Crippen LogP contribution in [0.5, 0.6) is 11.5 Å². The lowest BCUT2D eigenvalue weighted by Gasteiger charge is -2.36. The summed E-state index contributed by atoms with van der Waals surface area (Å²) in [5.41, 5.74) is 2.74. The van der Waals surface area contributed by atoms with Gasteiger partial charge in [-0.05, 0) is 61.7 Å². The van der Waals surface area contributed by atoms with Crippen LogP contribution < -0.4 is 19.7 Å². The highest BCUT2D eigenvalue weighted by atomic mass is 35.5. The van der Waals surface area contributed by atoms with Crippen LogP contribution in [-0.4, -0.2) is 36.8 Å². The number of nitrogens with one attached hydrogen (secondary N) is 1. The van der Waals surface area contributed by atoms with Gasteiger partial charge >= 0.3 is 0 Å². The molecule has 1 aliphatic heterocycles. The fourth-order valence-electron chi connectivity index (χ4n) is 4.39. The molecule has 0 bridgehead atoms. The van der Waals surface area contributed by atoms with E-state index in [2.05, 4.69) is 5.32 Å². The van der Waals surface area contributed by atoms with Gasteiger partial charge in [-0.2, -0.15) is 0 Å². The SMILES string of the molecule is CCOc1ccc(CCNC(=O)C(C)C2Sc3ccccc3N(Cc3ccccc3Cl)C2=O)cc1OCC. The molecule has 200 valence electrons. The number of rotatable bonds is 11. The van der Waals surface area contributed by atoms with Gasteiger partial charge in [0, 0.05) is 16.5 Å². The maximum Gasteiger partial charge on any atom is 0.241 e. The molecule has 0 aromatic heterocycles. The summed E-state index contributed by atoms with van der Waals surface area (Å²) < 4.78 is 11.3. The molecule has 0 fully saturated rings. The predicted molar refractivity (Wildman–Crippen MR) is 153 cm³/mol. The lowest BCUT2D eigenvalue weighted by atomic mass is 10.0. The zero-order valence-corrected chi connectivity index (χ0v) is 23.5. The maximum absolute atomic E-state index is 13.7. The second-order valence-corrected chi connectivity index (χ2v) is 10.6. The van der Waals surface area contributed by atoms with Gasteiger partial charge in [0.25, 0.3) is 0 Å². The Morgan fingerprint density at radius 2 is 1.74 bits per heavy atom. The first-order valence-electron chi connectivity index (χ1n) is 12.9. The molecule has 0 aliphatic carbocycles. The van der Waals surface area contributed by atoms with Crippen molar-refractivity contribution in [2.75, 3.05) is 24.7 Å². The van der Waals surface area contributed by atoms with E-state index in [0.717, 1.165) is 21.7 Å². The Bertz CT molecular complexity index is 1280. The Balaban J connectivity index is 1.43. The van der Waals surface area contributed by atoms with E-state index < -0.39 is 11.2 Å². The lowest BCUT2D eigenvalue weighted by Crippen LogP contribution is -2.47. The summed E-state index contributed by atoms with van der Waals surface area (Å²) >= 11 is 7.85. The van der Waals surface area contributed by atoms with Crippen molar-refractivity contribution in [1.29, 1.82) is 0 Å². The van der Waals surface area contributed by atoms with Crippen molar-refractivity contribution in [1.82, 2.24) is 5.32 Å². The summed E-state index contributed by atoms with van der Waals surface area (Å²) in [6, 6.07) is 21.1. The van der Waals surface area contributed by atoms with E-state index in [1.807, 2.05) is 87.5 Å². The number of carbonyl (C=O) groups excluding carboxylic acids is 2. The van der Waals surface area contributed by atoms with E-state index in [1.165, 1.54) is 11.8 Å². The average molecular weight is 553 g/mol. The van der Waals surface area contributed by atoms with Gasteiger partial charge in [0.2, 0.25) is 11.8 Å². The van der Waals surface area contributed by atoms with E-state index in [-0.39, 0.29) is 11.8 Å². The van der Waals surface area contributed by atoms with Gasteiger partial charge in [-0.3, -0.25) is 9.59 Å². The summed E-state index contributed by atoms with van der Waals surface area (Å²) in [4.78, 5) is 29.6. The number of para-hydroxylation sites is 1. The number of amides is 2. The van der Waals surface area contributed by atoms with E-state index in [4.69, 9.17) is 21.1 Å². The van der Waals surface area contributed by atoms with Crippen LogP contribution in [0.4, 0.5) is 5.69 Å².